The summed E-state index contributed by atoms with van der Waals surface area (Å²) in [5.74, 6) is -1.23. The number of nitrogens with one attached hydrogen (secondary N) is 2. The third-order valence-electron chi connectivity index (χ3n) is 5.41. The molecule has 1 saturated heterocycles. The van der Waals surface area contributed by atoms with E-state index < -0.39 is 29.7 Å². The second kappa shape index (κ2) is 8.38. The van der Waals surface area contributed by atoms with Crippen LogP contribution in [-0.4, -0.2) is 52.0 Å². The molecule has 2 aromatic rings. The molecule has 1 aromatic heterocycles. The van der Waals surface area contributed by atoms with Crippen molar-refractivity contribution in [1.82, 2.24) is 15.2 Å². The maximum Gasteiger partial charge on any atom is 0.408 e. The van der Waals surface area contributed by atoms with Gasteiger partial charge in [-0.3, -0.25) is 9.59 Å². The molecule has 0 spiro atoms. The number of benzene rings is 1. The highest BCUT2D eigenvalue weighted by Crippen LogP contribution is 2.30. The third-order valence-corrected chi connectivity index (χ3v) is 5.41. The van der Waals surface area contributed by atoms with Crippen LogP contribution in [0, 0.1) is 0 Å². The minimum Gasteiger partial charge on any atom is -0.444 e. The van der Waals surface area contributed by atoms with Crippen LogP contribution in [-0.2, 0) is 14.3 Å². The second-order valence-corrected chi connectivity index (χ2v) is 8.79. The normalized spacial score (nSPS) is 18.8. The Morgan fingerprint density at radius 2 is 1.97 bits per heavy atom. The molecule has 0 saturated carbocycles. The highest BCUT2D eigenvalue weighted by atomic mass is 16.6. The highest BCUT2D eigenvalue weighted by Gasteiger charge is 2.40. The summed E-state index contributed by atoms with van der Waals surface area (Å²) < 4.78 is 5.39. The number of hydrogen-bond donors (Lipinski definition) is 3. The molecule has 4 N–H and O–H groups in total. The standard InChI is InChI=1S/C22H30N4O4/c1-13(15-12-24-16-9-6-5-8-14(15)16)18(25-21(29)30-22(2,3)4)20(28)26-11-7-10-17(26)19(23)27/h5-6,8-9,12-13,17-18,24H,7,10-11H2,1-4H3,(H2,23,27)(H,25,29). The van der Waals surface area contributed by atoms with Crippen molar-refractivity contribution in [3.8, 4) is 0 Å². The number of fused-ring (bicyclic) bond motifs is 1. The lowest BCUT2D eigenvalue weighted by Gasteiger charge is -2.31. The van der Waals surface area contributed by atoms with E-state index in [9.17, 15) is 14.4 Å². The van der Waals surface area contributed by atoms with Crippen LogP contribution in [0.15, 0.2) is 30.5 Å². The molecule has 3 unspecified atom stereocenters. The third kappa shape index (κ3) is 4.58. The van der Waals surface area contributed by atoms with Crippen LogP contribution < -0.4 is 11.1 Å². The van der Waals surface area contributed by atoms with Crippen LogP contribution in [0.1, 0.15) is 52.0 Å². The minimum absolute atomic E-state index is 0.333. The average Bonchev–Trinajstić information content (AvgIpc) is 3.30. The molecule has 8 heteroatoms. The van der Waals surface area contributed by atoms with Gasteiger partial charge in [0.25, 0.3) is 0 Å². The van der Waals surface area contributed by atoms with Crippen LogP contribution in [0.2, 0.25) is 0 Å². The Hall–Kier alpha value is -3.03. The Kier molecular flexibility index (Phi) is 6.05. The van der Waals surface area contributed by atoms with Gasteiger partial charge < -0.3 is 25.7 Å². The summed E-state index contributed by atoms with van der Waals surface area (Å²) in [7, 11) is 0. The SMILES string of the molecule is CC(c1c[nH]c2ccccc12)C(NC(=O)OC(C)(C)C)C(=O)N1CCCC1C(N)=O. The van der Waals surface area contributed by atoms with Gasteiger partial charge >= 0.3 is 6.09 Å². The lowest BCUT2D eigenvalue weighted by atomic mass is 9.91. The first-order valence-electron chi connectivity index (χ1n) is 10.2. The van der Waals surface area contributed by atoms with Crippen molar-refractivity contribution in [1.29, 1.82) is 0 Å². The van der Waals surface area contributed by atoms with Crippen molar-refractivity contribution in [2.75, 3.05) is 6.54 Å². The Bertz CT molecular complexity index is 946. The van der Waals surface area contributed by atoms with Crippen molar-refractivity contribution in [2.45, 2.75) is 64.1 Å². The molecule has 162 valence electrons. The number of carbonyl (C=O) groups excluding carboxylic acids is 3. The number of rotatable bonds is 5. The summed E-state index contributed by atoms with van der Waals surface area (Å²) in [5, 5.41) is 3.72. The predicted molar refractivity (Wildman–Crippen MR) is 114 cm³/mol. The van der Waals surface area contributed by atoms with Crippen LogP contribution in [0.4, 0.5) is 4.79 Å². The molecular formula is C22H30N4O4. The number of aromatic nitrogens is 1. The van der Waals surface area contributed by atoms with Gasteiger partial charge in [0.05, 0.1) is 0 Å². The first-order valence-corrected chi connectivity index (χ1v) is 10.2. The summed E-state index contributed by atoms with van der Waals surface area (Å²) >= 11 is 0. The van der Waals surface area contributed by atoms with Gasteiger partial charge in [0.1, 0.15) is 17.7 Å². The number of likely N-dealkylation sites (tertiary alicyclic amines) is 1. The van der Waals surface area contributed by atoms with Crippen molar-refractivity contribution < 1.29 is 19.1 Å². The molecular weight excluding hydrogens is 384 g/mol. The molecule has 0 radical (unpaired) electrons. The molecule has 30 heavy (non-hydrogen) atoms. The zero-order chi connectivity index (χ0) is 22.1. The van der Waals surface area contributed by atoms with E-state index in [1.165, 1.54) is 4.90 Å². The number of para-hydroxylation sites is 1. The van der Waals surface area contributed by atoms with Gasteiger partial charge in [-0.05, 0) is 45.2 Å². The maximum absolute atomic E-state index is 13.5. The van der Waals surface area contributed by atoms with Gasteiger partial charge in [0.15, 0.2) is 0 Å². The van der Waals surface area contributed by atoms with Gasteiger partial charge in [-0.2, -0.15) is 0 Å². The summed E-state index contributed by atoms with van der Waals surface area (Å²) in [6, 6.07) is 6.21. The van der Waals surface area contributed by atoms with E-state index in [0.29, 0.717) is 19.4 Å². The molecule has 0 bridgehead atoms. The van der Waals surface area contributed by atoms with Gasteiger partial charge in [-0.15, -0.1) is 0 Å². The molecule has 1 aliphatic heterocycles. The fourth-order valence-corrected chi connectivity index (χ4v) is 3.99. The van der Waals surface area contributed by atoms with Crippen molar-refractivity contribution in [2.24, 2.45) is 5.73 Å². The monoisotopic (exact) mass is 414 g/mol. The number of alkyl carbamates (subject to hydrolysis) is 1. The van der Waals surface area contributed by atoms with Crippen LogP contribution >= 0.6 is 0 Å². The number of amides is 3. The minimum atomic E-state index is -0.904. The van der Waals surface area contributed by atoms with Crippen molar-refractivity contribution in [3.63, 3.8) is 0 Å². The summed E-state index contributed by atoms with van der Waals surface area (Å²) in [4.78, 5) is 42.5. The van der Waals surface area contributed by atoms with Crippen LogP contribution in [0.25, 0.3) is 10.9 Å². The Labute approximate surface area is 176 Å². The largest absolute Gasteiger partial charge is 0.444 e. The molecule has 3 amide bonds. The molecule has 8 nitrogen and oxygen atoms in total. The average molecular weight is 415 g/mol. The number of primary amides is 1. The zero-order valence-electron chi connectivity index (χ0n) is 17.9. The number of nitrogens with two attached hydrogens (primary N) is 1. The van der Waals surface area contributed by atoms with E-state index in [1.807, 2.05) is 37.4 Å². The van der Waals surface area contributed by atoms with Crippen LogP contribution in [0.5, 0.6) is 0 Å². The molecule has 3 rings (SSSR count). The van der Waals surface area contributed by atoms with Crippen LogP contribution in [0.3, 0.4) is 0 Å². The van der Waals surface area contributed by atoms with Crippen molar-refractivity contribution >= 4 is 28.8 Å². The summed E-state index contributed by atoms with van der Waals surface area (Å²) in [5.41, 5.74) is 6.64. The van der Waals surface area contributed by atoms with E-state index in [2.05, 4.69) is 10.3 Å². The quantitative estimate of drug-likeness (QED) is 0.697. The number of carbonyl (C=O) groups is 3. The molecule has 0 aliphatic carbocycles. The topological polar surface area (TPSA) is 118 Å². The first kappa shape index (κ1) is 21.7. The molecule has 2 heterocycles. The number of ether oxygens (including phenoxy) is 1. The van der Waals surface area contributed by atoms with E-state index in [4.69, 9.17) is 10.5 Å². The Morgan fingerprint density at radius 3 is 2.63 bits per heavy atom. The van der Waals surface area contributed by atoms with E-state index in [1.54, 1.807) is 20.8 Å². The second-order valence-electron chi connectivity index (χ2n) is 8.79. The number of H-pyrrole nitrogens is 1. The molecule has 3 atom stereocenters. The fourth-order valence-electron chi connectivity index (χ4n) is 3.99. The Morgan fingerprint density at radius 1 is 1.27 bits per heavy atom. The smallest absolute Gasteiger partial charge is 0.408 e. The maximum atomic E-state index is 13.5. The molecule has 1 fully saturated rings. The van der Waals surface area contributed by atoms with Crippen molar-refractivity contribution in [3.05, 3.63) is 36.0 Å². The highest BCUT2D eigenvalue weighted by molar-refractivity contribution is 5.93. The lowest BCUT2D eigenvalue weighted by Crippen LogP contribution is -2.55. The predicted octanol–water partition coefficient (Wildman–Crippen LogP) is 2.64. The fraction of sp³-hybridized carbons (Fsp3) is 0.500. The Balaban J connectivity index is 1.93. The number of nitrogens with zero attached hydrogens (tertiary/aromatic N) is 1. The van der Waals surface area contributed by atoms with Gasteiger partial charge in [0, 0.05) is 29.6 Å². The number of hydrogen-bond acceptors (Lipinski definition) is 4. The molecule has 1 aromatic carbocycles. The van der Waals surface area contributed by atoms with Gasteiger partial charge in [-0.1, -0.05) is 25.1 Å². The molecule has 1 aliphatic rings. The van der Waals surface area contributed by atoms with Gasteiger partial charge in [-0.25, -0.2) is 4.79 Å². The zero-order valence-corrected chi connectivity index (χ0v) is 17.9. The van der Waals surface area contributed by atoms with Gasteiger partial charge in [0.2, 0.25) is 11.8 Å². The number of aromatic amines is 1. The van der Waals surface area contributed by atoms with E-state index in [0.717, 1.165) is 16.5 Å². The lowest BCUT2D eigenvalue weighted by molar-refractivity contribution is -0.139. The van der Waals surface area contributed by atoms with E-state index in [-0.39, 0.29) is 11.8 Å². The van der Waals surface area contributed by atoms with E-state index >= 15 is 0 Å². The summed E-state index contributed by atoms with van der Waals surface area (Å²) in [6.45, 7) is 7.59. The first-order chi connectivity index (χ1) is 14.1. The summed E-state index contributed by atoms with van der Waals surface area (Å²) in [6.07, 6.45) is 2.39.